The third-order valence-corrected chi connectivity index (χ3v) is 4.64. The Morgan fingerprint density at radius 3 is 2.40 bits per heavy atom. The van der Waals surface area contributed by atoms with Gasteiger partial charge in [-0.15, -0.1) is 12.4 Å². The average molecular weight is 360 g/mol. The van der Waals surface area contributed by atoms with Crippen LogP contribution in [0.3, 0.4) is 0 Å². The van der Waals surface area contributed by atoms with Gasteiger partial charge in [-0.25, -0.2) is 0 Å². The molecule has 1 amide bonds. The molecule has 0 radical (unpaired) electrons. The fourth-order valence-corrected chi connectivity index (χ4v) is 3.51. The minimum Gasteiger partial charge on any atom is -0.353 e. The summed E-state index contributed by atoms with van der Waals surface area (Å²) in [7, 11) is 0. The van der Waals surface area contributed by atoms with E-state index in [1.54, 1.807) is 0 Å². The molecule has 0 saturated carbocycles. The molecule has 110 valence electrons. The number of hydrogen-bond acceptors (Lipinski definition) is 2. The van der Waals surface area contributed by atoms with Gasteiger partial charge in [0.05, 0.1) is 6.42 Å². The van der Waals surface area contributed by atoms with Crippen LogP contribution in [0.5, 0.6) is 0 Å². The minimum absolute atomic E-state index is 0. The van der Waals surface area contributed by atoms with E-state index in [4.69, 9.17) is 0 Å². The Morgan fingerprint density at radius 2 is 1.80 bits per heavy atom. The molecule has 0 spiro atoms. The van der Waals surface area contributed by atoms with Crippen molar-refractivity contribution in [3.63, 3.8) is 0 Å². The van der Waals surface area contributed by atoms with Crippen molar-refractivity contribution in [2.75, 3.05) is 0 Å². The number of benzene rings is 1. The van der Waals surface area contributed by atoms with Gasteiger partial charge in [0.2, 0.25) is 5.91 Å². The molecule has 20 heavy (non-hydrogen) atoms. The number of amides is 1. The van der Waals surface area contributed by atoms with Crippen LogP contribution >= 0.6 is 28.3 Å². The molecule has 2 heterocycles. The predicted molar refractivity (Wildman–Crippen MR) is 86.2 cm³/mol. The van der Waals surface area contributed by atoms with Crippen molar-refractivity contribution in [3.8, 4) is 0 Å². The highest BCUT2D eigenvalue weighted by Gasteiger charge is 2.33. The molecule has 3 rings (SSSR count). The van der Waals surface area contributed by atoms with E-state index in [9.17, 15) is 4.79 Å². The van der Waals surface area contributed by atoms with E-state index >= 15 is 0 Å². The van der Waals surface area contributed by atoms with Gasteiger partial charge in [-0.05, 0) is 43.4 Å². The van der Waals surface area contributed by atoms with Gasteiger partial charge in [0.15, 0.2) is 0 Å². The van der Waals surface area contributed by atoms with E-state index in [2.05, 4.69) is 26.6 Å². The van der Waals surface area contributed by atoms with Crippen molar-refractivity contribution in [1.29, 1.82) is 0 Å². The van der Waals surface area contributed by atoms with Crippen LogP contribution in [0.1, 0.15) is 31.2 Å². The lowest BCUT2D eigenvalue weighted by Crippen LogP contribution is -2.48. The largest absolute Gasteiger partial charge is 0.353 e. The zero-order valence-corrected chi connectivity index (χ0v) is 13.7. The zero-order valence-electron chi connectivity index (χ0n) is 11.3. The second kappa shape index (κ2) is 6.92. The van der Waals surface area contributed by atoms with Crippen LogP contribution in [0, 0.1) is 0 Å². The molecule has 2 aliphatic heterocycles. The number of halogens is 2. The number of piperidine rings is 1. The maximum Gasteiger partial charge on any atom is 0.224 e. The molecule has 1 aromatic carbocycles. The Balaban J connectivity index is 0.00000147. The van der Waals surface area contributed by atoms with Crippen molar-refractivity contribution >= 4 is 34.2 Å². The summed E-state index contributed by atoms with van der Waals surface area (Å²) >= 11 is 3.40. The van der Waals surface area contributed by atoms with Crippen LogP contribution in [-0.4, -0.2) is 24.0 Å². The standard InChI is InChI=1S/C15H19BrN2O.ClH/c16-11-3-1-10(2-4-11)7-15(19)18-14-8-12-5-6-13(9-14)17-12;/h1-4,12-14,17H,5-9H2,(H,18,19);1H. The second-order valence-electron chi connectivity index (χ2n) is 5.68. The lowest BCUT2D eigenvalue weighted by atomic mass is 9.99. The van der Waals surface area contributed by atoms with Crippen molar-refractivity contribution in [3.05, 3.63) is 34.3 Å². The molecule has 3 nitrogen and oxygen atoms in total. The molecule has 2 atom stereocenters. The summed E-state index contributed by atoms with van der Waals surface area (Å²) in [5.74, 6) is 0.147. The third kappa shape index (κ3) is 3.96. The van der Waals surface area contributed by atoms with E-state index < -0.39 is 0 Å². The smallest absolute Gasteiger partial charge is 0.224 e. The summed E-state index contributed by atoms with van der Waals surface area (Å²) in [6.07, 6.45) is 5.19. The maximum atomic E-state index is 12.1. The first-order valence-corrected chi connectivity index (χ1v) is 7.78. The topological polar surface area (TPSA) is 41.1 Å². The van der Waals surface area contributed by atoms with Gasteiger partial charge >= 0.3 is 0 Å². The molecule has 2 unspecified atom stereocenters. The summed E-state index contributed by atoms with van der Waals surface area (Å²) in [6.45, 7) is 0. The Hall–Kier alpha value is -0.580. The SMILES string of the molecule is Cl.O=C(Cc1ccc(Br)cc1)NC1CC2CCC(C1)N2. The summed E-state index contributed by atoms with van der Waals surface area (Å²) in [4.78, 5) is 12.1. The molecule has 2 N–H and O–H groups in total. The van der Waals surface area contributed by atoms with E-state index in [1.807, 2.05) is 24.3 Å². The van der Waals surface area contributed by atoms with E-state index in [-0.39, 0.29) is 18.3 Å². The average Bonchev–Trinajstić information content (AvgIpc) is 2.72. The second-order valence-corrected chi connectivity index (χ2v) is 6.59. The third-order valence-electron chi connectivity index (χ3n) is 4.12. The summed E-state index contributed by atoms with van der Waals surface area (Å²) < 4.78 is 1.05. The number of nitrogens with one attached hydrogen (secondary N) is 2. The maximum absolute atomic E-state index is 12.1. The lowest BCUT2D eigenvalue weighted by molar-refractivity contribution is -0.121. The Bertz CT molecular complexity index is 453. The molecule has 0 aromatic heterocycles. The van der Waals surface area contributed by atoms with Crippen LogP contribution in [0.15, 0.2) is 28.7 Å². The normalized spacial score (nSPS) is 27.8. The Labute approximate surface area is 134 Å². The van der Waals surface area contributed by atoms with Gasteiger partial charge in [0, 0.05) is 22.6 Å². The van der Waals surface area contributed by atoms with Crippen LogP contribution in [0.25, 0.3) is 0 Å². The summed E-state index contributed by atoms with van der Waals surface area (Å²) in [6, 6.07) is 9.56. The number of hydrogen-bond donors (Lipinski definition) is 2. The van der Waals surface area contributed by atoms with E-state index in [1.165, 1.54) is 12.8 Å². The summed E-state index contributed by atoms with van der Waals surface area (Å²) in [5.41, 5.74) is 1.07. The van der Waals surface area contributed by atoms with E-state index in [0.29, 0.717) is 24.5 Å². The molecule has 2 fully saturated rings. The van der Waals surface area contributed by atoms with Gasteiger partial charge < -0.3 is 10.6 Å². The Morgan fingerprint density at radius 1 is 1.20 bits per heavy atom. The van der Waals surface area contributed by atoms with E-state index in [0.717, 1.165) is 22.9 Å². The minimum atomic E-state index is 0. The molecule has 2 saturated heterocycles. The van der Waals surface area contributed by atoms with Crippen molar-refractivity contribution in [1.82, 2.24) is 10.6 Å². The quantitative estimate of drug-likeness (QED) is 0.871. The Kier molecular flexibility index (Phi) is 5.47. The first kappa shape index (κ1) is 15.8. The highest BCUT2D eigenvalue weighted by molar-refractivity contribution is 9.10. The predicted octanol–water partition coefficient (Wildman–Crippen LogP) is 2.81. The highest BCUT2D eigenvalue weighted by atomic mass is 79.9. The first-order valence-electron chi connectivity index (χ1n) is 6.99. The highest BCUT2D eigenvalue weighted by Crippen LogP contribution is 2.26. The molecule has 2 bridgehead atoms. The van der Waals surface area contributed by atoms with Crippen molar-refractivity contribution in [2.24, 2.45) is 0 Å². The number of rotatable bonds is 3. The van der Waals surface area contributed by atoms with Crippen LogP contribution < -0.4 is 10.6 Å². The lowest BCUT2D eigenvalue weighted by Gasteiger charge is -2.29. The van der Waals surface area contributed by atoms with Gasteiger partial charge in [-0.3, -0.25) is 4.79 Å². The number of carbonyl (C=O) groups excluding carboxylic acids is 1. The monoisotopic (exact) mass is 358 g/mol. The zero-order chi connectivity index (χ0) is 13.2. The van der Waals surface area contributed by atoms with Gasteiger partial charge in [0.1, 0.15) is 0 Å². The van der Waals surface area contributed by atoms with Crippen LogP contribution in [0.2, 0.25) is 0 Å². The molecule has 5 heteroatoms. The van der Waals surface area contributed by atoms with Gasteiger partial charge in [-0.1, -0.05) is 28.1 Å². The number of carbonyl (C=O) groups is 1. The molecular formula is C15H20BrClN2O. The van der Waals surface area contributed by atoms with Crippen LogP contribution in [-0.2, 0) is 11.2 Å². The fraction of sp³-hybridized carbons (Fsp3) is 0.533. The number of fused-ring (bicyclic) bond motifs is 2. The fourth-order valence-electron chi connectivity index (χ4n) is 3.24. The first-order chi connectivity index (χ1) is 9.19. The summed E-state index contributed by atoms with van der Waals surface area (Å²) in [5, 5.41) is 6.79. The molecule has 2 aliphatic rings. The molecule has 1 aromatic rings. The van der Waals surface area contributed by atoms with Crippen LogP contribution in [0.4, 0.5) is 0 Å². The molecular weight excluding hydrogens is 340 g/mol. The van der Waals surface area contributed by atoms with Crippen molar-refractivity contribution in [2.45, 2.75) is 50.2 Å². The van der Waals surface area contributed by atoms with Gasteiger partial charge in [-0.2, -0.15) is 0 Å². The van der Waals surface area contributed by atoms with Crippen molar-refractivity contribution < 1.29 is 4.79 Å². The van der Waals surface area contributed by atoms with Gasteiger partial charge in [0.25, 0.3) is 0 Å². The molecule has 0 aliphatic carbocycles.